The summed E-state index contributed by atoms with van der Waals surface area (Å²) in [6.45, 7) is 8.99. The second-order valence-corrected chi connectivity index (χ2v) is 5.91. The molecule has 0 saturated carbocycles. The Balaban J connectivity index is 4.77. The molecule has 6 nitrogen and oxygen atoms in total. The Hall–Kier alpha value is -1.59. The zero-order valence-electron chi connectivity index (χ0n) is 12.9. The SMILES string of the molecule is CC(=O)N[C@@H](CC(C)C)C(=O)N[C@H](CC(C)C)C(=O)O. The fourth-order valence-electron chi connectivity index (χ4n) is 1.91. The predicted octanol–water partition coefficient (Wildman–Crippen LogP) is 1.15. The van der Waals surface area contributed by atoms with Gasteiger partial charge in [0.2, 0.25) is 11.8 Å². The van der Waals surface area contributed by atoms with Crippen LogP contribution in [-0.4, -0.2) is 35.0 Å². The van der Waals surface area contributed by atoms with Gasteiger partial charge in [0.05, 0.1) is 0 Å². The molecule has 0 heterocycles. The van der Waals surface area contributed by atoms with Crippen molar-refractivity contribution in [2.75, 3.05) is 0 Å². The average Bonchev–Trinajstić information content (AvgIpc) is 2.24. The summed E-state index contributed by atoms with van der Waals surface area (Å²) in [6, 6.07) is -1.62. The molecule has 2 atom stereocenters. The van der Waals surface area contributed by atoms with Gasteiger partial charge in [0.15, 0.2) is 0 Å². The highest BCUT2D eigenvalue weighted by molar-refractivity contribution is 5.89. The Morgan fingerprint density at radius 1 is 0.900 bits per heavy atom. The lowest BCUT2D eigenvalue weighted by Gasteiger charge is -2.23. The Morgan fingerprint density at radius 3 is 1.70 bits per heavy atom. The van der Waals surface area contributed by atoms with E-state index in [1.165, 1.54) is 6.92 Å². The van der Waals surface area contributed by atoms with Crippen LogP contribution in [0.25, 0.3) is 0 Å². The average molecular weight is 286 g/mol. The van der Waals surface area contributed by atoms with E-state index in [1.807, 2.05) is 27.7 Å². The molecule has 0 aromatic rings. The summed E-state index contributed by atoms with van der Waals surface area (Å²) < 4.78 is 0. The van der Waals surface area contributed by atoms with Gasteiger partial charge in [-0.2, -0.15) is 0 Å². The zero-order valence-corrected chi connectivity index (χ0v) is 12.9. The summed E-state index contributed by atoms with van der Waals surface area (Å²) >= 11 is 0. The minimum absolute atomic E-state index is 0.153. The van der Waals surface area contributed by atoms with Gasteiger partial charge in [0.25, 0.3) is 0 Å². The molecule has 2 amide bonds. The molecule has 0 aromatic heterocycles. The van der Waals surface area contributed by atoms with Crippen LogP contribution in [0.1, 0.15) is 47.5 Å². The number of amides is 2. The number of carboxylic acid groups (broad SMARTS) is 1. The van der Waals surface area contributed by atoms with Gasteiger partial charge in [-0.25, -0.2) is 4.79 Å². The highest BCUT2D eigenvalue weighted by atomic mass is 16.4. The van der Waals surface area contributed by atoms with E-state index in [2.05, 4.69) is 10.6 Å². The molecule has 3 N–H and O–H groups in total. The van der Waals surface area contributed by atoms with E-state index in [1.54, 1.807) is 0 Å². The van der Waals surface area contributed by atoms with Crippen molar-refractivity contribution < 1.29 is 19.5 Å². The van der Waals surface area contributed by atoms with Crippen LogP contribution < -0.4 is 10.6 Å². The van der Waals surface area contributed by atoms with Crippen molar-refractivity contribution in [2.24, 2.45) is 11.8 Å². The lowest BCUT2D eigenvalue weighted by Crippen LogP contribution is -2.52. The Morgan fingerprint density at radius 2 is 1.35 bits per heavy atom. The van der Waals surface area contributed by atoms with Crippen LogP contribution >= 0.6 is 0 Å². The van der Waals surface area contributed by atoms with E-state index >= 15 is 0 Å². The third-order valence-electron chi connectivity index (χ3n) is 2.72. The van der Waals surface area contributed by atoms with Crippen LogP contribution in [-0.2, 0) is 14.4 Å². The number of rotatable bonds is 8. The van der Waals surface area contributed by atoms with Crippen LogP contribution in [0, 0.1) is 11.8 Å². The normalized spacial score (nSPS) is 13.9. The number of aliphatic carboxylic acids is 1. The van der Waals surface area contributed by atoms with Gasteiger partial charge in [0, 0.05) is 6.92 Å². The van der Waals surface area contributed by atoms with Crippen LogP contribution in [0.2, 0.25) is 0 Å². The van der Waals surface area contributed by atoms with Crippen molar-refractivity contribution in [3.63, 3.8) is 0 Å². The minimum atomic E-state index is -1.06. The second-order valence-electron chi connectivity index (χ2n) is 5.91. The largest absolute Gasteiger partial charge is 0.480 e. The standard InChI is InChI=1S/C14H26N2O4/c1-8(2)6-11(15-10(5)17)13(18)16-12(14(19)20)7-9(3)4/h8-9,11-12H,6-7H2,1-5H3,(H,15,17)(H,16,18)(H,19,20)/t11-,12+/m0/s1. The van der Waals surface area contributed by atoms with Crippen molar-refractivity contribution in [1.82, 2.24) is 10.6 Å². The number of hydrogen-bond donors (Lipinski definition) is 3. The van der Waals surface area contributed by atoms with Crippen molar-refractivity contribution in [3.05, 3.63) is 0 Å². The van der Waals surface area contributed by atoms with E-state index in [-0.39, 0.29) is 17.7 Å². The molecule has 6 heteroatoms. The van der Waals surface area contributed by atoms with Gasteiger partial charge in [-0.15, -0.1) is 0 Å². The third-order valence-corrected chi connectivity index (χ3v) is 2.72. The maximum Gasteiger partial charge on any atom is 0.326 e. The Labute approximate surface area is 120 Å². The number of carbonyl (C=O) groups excluding carboxylic acids is 2. The first-order chi connectivity index (χ1) is 9.13. The van der Waals surface area contributed by atoms with Gasteiger partial charge in [0.1, 0.15) is 12.1 Å². The van der Waals surface area contributed by atoms with Crippen LogP contribution in [0.3, 0.4) is 0 Å². The summed E-state index contributed by atoms with van der Waals surface area (Å²) in [5, 5.41) is 14.2. The minimum Gasteiger partial charge on any atom is -0.480 e. The van der Waals surface area contributed by atoms with E-state index < -0.39 is 24.0 Å². The summed E-state index contributed by atoms with van der Waals surface area (Å²) in [5.41, 5.74) is 0. The molecular formula is C14H26N2O4. The maximum atomic E-state index is 12.1. The maximum absolute atomic E-state index is 12.1. The topological polar surface area (TPSA) is 95.5 Å². The molecule has 0 rings (SSSR count). The molecule has 0 unspecified atom stereocenters. The smallest absolute Gasteiger partial charge is 0.326 e. The molecular weight excluding hydrogens is 260 g/mol. The van der Waals surface area contributed by atoms with Crippen molar-refractivity contribution in [3.8, 4) is 0 Å². The molecule has 0 aliphatic heterocycles. The first kappa shape index (κ1) is 18.4. The third kappa shape index (κ3) is 7.76. The van der Waals surface area contributed by atoms with E-state index in [0.29, 0.717) is 12.8 Å². The van der Waals surface area contributed by atoms with E-state index in [4.69, 9.17) is 5.11 Å². The molecule has 0 fully saturated rings. The number of nitrogens with one attached hydrogen (secondary N) is 2. The van der Waals surface area contributed by atoms with Gasteiger partial charge in [-0.05, 0) is 24.7 Å². The number of carboxylic acids is 1. The number of hydrogen-bond acceptors (Lipinski definition) is 3. The first-order valence-electron chi connectivity index (χ1n) is 6.93. The van der Waals surface area contributed by atoms with Gasteiger partial charge < -0.3 is 15.7 Å². The second kappa shape index (κ2) is 8.55. The highest BCUT2D eigenvalue weighted by Crippen LogP contribution is 2.08. The Bertz CT molecular complexity index is 353. The van der Waals surface area contributed by atoms with E-state index in [9.17, 15) is 14.4 Å². The molecule has 116 valence electrons. The molecule has 0 saturated heterocycles. The Kier molecular flexibility index (Phi) is 7.87. The molecule has 0 bridgehead atoms. The lowest BCUT2D eigenvalue weighted by molar-refractivity contribution is -0.142. The predicted molar refractivity (Wildman–Crippen MR) is 76.1 cm³/mol. The molecule has 0 radical (unpaired) electrons. The monoisotopic (exact) mass is 286 g/mol. The lowest BCUT2D eigenvalue weighted by atomic mass is 10.0. The molecule has 20 heavy (non-hydrogen) atoms. The summed E-state index contributed by atoms with van der Waals surface area (Å²) in [7, 11) is 0. The van der Waals surface area contributed by atoms with Crippen molar-refractivity contribution >= 4 is 17.8 Å². The van der Waals surface area contributed by atoms with Gasteiger partial charge >= 0.3 is 5.97 Å². The molecule has 0 aromatic carbocycles. The van der Waals surface area contributed by atoms with Crippen LogP contribution in [0.15, 0.2) is 0 Å². The molecule has 0 aliphatic carbocycles. The zero-order chi connectivity index (χ0) is 15.9. The summed E-state index contributed by atoms with van der Waals surface area (Å²) in [4.78, 5) is 34.4. The first-order valence-corrected chi connectivity index (χ1v) is 6.93. The van der Waals surface area contributed by atoms with Crippen molar-refractivity contribution in [1.29, 1.82) is 0 Å². The molecule has 0 aliphatic rings. The number of carbonyl (C=O) groups is 3. The summed E-state index contributed by atoms with van der Waals surface area (Å²) in [6.07, 6.45) is 0.828. The van der Waals surface area contributed by atoms with Crippen molar-refractivity contribution in [2.45, 2.75) is 59.5 Å². The van der Waals surface area contributed by atoms with Gasteiger partial charge in [-0.3, -0.25) is 9.59 Å². The van der Waals surface area contributed by atoms with Crippen LogP contribution in [0.5, 0.6) is 0 Å². The van der Waals surface area contributed by atoms with Crippen LogP contribution in [0.4, 0.5) is 0 Å². The summed E-state index contributed by atoms with van der Waals surface area (Å²) in [5.74, 6) is -1.44. The fraction of sp³-hybridized carbons (Fsp3) is 0.786. The fourth-order valence-corrected chi connectivity index (χ4v) is 1.91. The van der Waals surface area contributed by atoms with Gasteiger partial charge in [-0.1, -0.05) is 27.7 Å². The highest BCUT2D eigenvalue weighted by Gasteiger charge is 2.26. The quantitative estimate of drug-likeness (QED) is 0.624. The van der Waals surface area contributed by atoms with E-state index in [0.717, 1.165) is 0 Å². The molecule has 0 spiro atoms.